The molecule has 5 heteroatoms. The molecule has 0 amide bonds. The van der Waals surface area contributed by atoms with E-state index in [0.717, 1.165) is 25.8 Å². The first-order valence-corrected chi connectivity index (χ1v) is 8.74. The molecule has 0 aliphatic carbocycles. The zero-order chi connectivity index (χ0) is 14.3. The predicted molar refractivity (Wildman–Crippen MR) is 80.5 cm³/mol. The van der Waals surface area contributed by atoms with Gasteiger partial charge in [0.25, 0.3) is 0 Å². The summed E-state index contributed by atoms with van der Waals surface area (Å²) in [6.07, 6.45) is 2.82. The van der Waals surface area contributed by atoms with E-state index in [4.69, 9.17) is 11.6 Å². The zero-order valence-corrected chi connectivity index (χ0v) is 13.1. The Kier molecular flexibility index (Phi) is 6.83. The van der Waals surface area contributed by atoms with Gasteiger partial charge in [-0.3, -0.25) is 0 Å². The van der Waals surface area contributed by atoms with Crippen LogP contribution in [0, 0.1) is 0 Å². The molecule has 0 heterocycles. The van der Waals surface area contributed by atoms with Gasteiger partial charge in [-0.05, 0) is 37.6 Å². The first-order chi connectivity index (χ1) is 8.99. The van der Waals surface area contributed by atoms with E-state index in [2.05, 4.69) is 19.2 Å². The molecule has 0 bridgehead atoms. The van der Waals surface area contributed by atoms with Crippen LogP contribution < -0.4 is 5.32 Å². The van der Waals surface area contributed by atoms with Crippen LogP contribution in [0.3, 0.4) is 0 Å². The molecular weight excluding hydrogens is 282 g/mol. The molecule has 0 aliphatic heterocycles. The highest BCUT2D eigenvalue weighted by molar-refractivity contribution is 7.91. The lowest BCUT2D eigenvalue weighted by atomic mass is 10.2. The second kappa shape index (κ2) is 7.88. The van der Waals surface area contributed by atoms with E-state index in [-0.39, 0.29) is 11.8 Å². The molecule has 1 aromatic rings. The van der Waals surface area contributed by atoms with E-state index in [1.54, 1.807) is 18.2 Å². The molecule has 0 fully saturated rings. The highest BCUT2D eigenvalue weighted by Gasteiger charge is 2.20. The average molecular weight is 304 g/mol. The average Bonchev–Trinajstić information content (AvgIpc) is 2.36. The van der Waals surface area contributed by atoms with Crippen LogP contribution in [0.2, 0.25) is 5.02 Å². The van der Waals surface area contributed by atoms with Gasteiger partial charge >= 0.3 is 0 Å². The molecule has 0 saturated carbocycles. The number of nitrogens with one attached hydrogen (secondary N) is 1. The quantitative estimate of drug-likeness (QED) is 0.801. The first kappa shape index (κ1) is 16.5. The van der Waals surface area contributed by atoms with Gasteiger partial charge in [-0.15, -0.1) is 0 Å². The van der Waals surface area contributed by atoms with Crippen molar-refractivity contribution in [3.8, 4) is 0 Å². The molecule has 1 N–H and O–H groups in total. The summed E-state index contributed by atoms with van der Waals surface area (Å²) < 4.78 is 24.7. The van der Waals surface area contributed by atoms with Crippen LogP contribution >= 0.6 is 11.6 Å². The normalized spacial score (nSPS) is 13.4. The van der Waals surface area contributed by atoms with E-state index < -0.39 is 9.84 Å². The third kappa shape index (κ3) is 5.51. The summed E-state index contributed by atoms with van der Waals surface area (Å²) >= 11 is 5.85. The van der Waals surface area contributed by atoms with Crippen molar-refractivity contribution in [1.29, 1.82) is 0 Å². The van der Waals surface area contributed by atoms with Gasteiger partial charge in [0.2, 0.25) is 0 Å². The SMILES string of the molecule is CCCNC(CCC)CS(=O)(=O)c1cccc(Cl)c1. The van der Waals surface area contributed by atoms with Crippen LogP contribution in [0.1, 0.15) is 33.1 Å². The fourth-order valence-corrected chi connectivity index (χ4v) is 3.82. The minimum atomic E-state index is -3.28. The van der Waals surface area contributed by atoms with Gasteiger partial charge < -0.3 is 5.32 Å². The first-order valence-electron chi connectivity index (χ1n) is 6.71. The van der Waals surface area contributed by atoms with Crippen LogP contribution in [0.5, 0.6) is 0 Å². The maximum absolute atomic E-state index is 12.3. The van der Waals surface area contributed by atoms with Crippen LogP contribution in [0.4, 0.5) is 0 Å². The molecule has 0 spiro atoms. The minimum absolute atomic E-state index is 0.00827. The Morgan fingerprint density at radius 3 is 2.58 bits per heavy atom. The van der Waals surface area contributed by atoms with Crippen LogP contribution in [0.15, 0.2) is 29.2 Å². The molecule has 19 heavy (non-hydrogen) atoms. The largest absolute Gasteiger partial charge is 0.313 e. The van der Waals surface area contributed by atoms with Crippen molar-refractivity contribution in [3.05, 3.63) is 29.3 Å². The second-order valence-corrected chi connectivity index (χ2v) is 7.15. The van der Waals surface area contributed by atoms with E-state index in [0.29, 0.717) is 9.92 Å². The van der Waals surface area contributed by atoms with E-state index in [1.807, 2.05) is 0 Å². The van der Waals surface area contributed by atoms with Crippen molar-refractivity contribution in [2.45, 2.75) is 44.0 Å². The van der Waals surface area contributed by atoms with Crippen molar-refractivity contribution in [2.24, 2.45) is 0 Å². The fraction of sp³-hybridized carbons (Fsp3) is 0.571. The van der Waals surface area contributed by atoms with E-state index in [9.17, 15) is 8.42 Å². The minimum Gasteiger partial charge on any atom is -0.313 e. The van der Waals surface area contributed by atoms with Crippen LogP contribution in [-0.4, -0.2) is 26.8 Å². The molecule has 1 rings (SSSR count). The summed E-state index contributed by atoms with van der Waals surface area (Å²) in [5.74, 6) is 0.126. The smallest absolute Gasteiger partial charge is 0.179 e. The maximum Gasteiger partial charge on any atom is 0.179 e. The summed E-state index contributed by atoms with van der Waals surface area (Å²) in [6, 6.07) is 6.47. The van der Waals surface area contributed by atoms with Crippen molar-refractivity contribution in [1.82, 2.24) is 5.32 Å². The maximum atomic E-state index is 12.3. The monoisotopic (exact) mass is 303 g/mol. The Hall–Kier alpha value is -0.580. The number of halogens is 1. The Labute approximate surface area is 121 Å². The summed E-state index contributed by atoms with van der Waals surface area (Å²) in [5, 5.41) is 3.75. The number of hydrogen-bond donors (Lipinski definition) is 1. The van der Waals surface area contributed by atoms with Crippen molar-refractivity contribution in [2.75, 3.05) is 12.3 Å². The topological polar surface area (TPSA) is 46.2 Å². The molecule has 1 aromatic carbocycles. The van der Waals surface area contributed by atoms with Crippen LogP contribution in [0.25, 0.3) is 0 Å². The van der Waals surface area contributed by atoms with Crippen molar-refractivity contribution in [3.63, 3.8) is 0 Å². The number of sulfone groups is 1. The third-order valence-corrected chi connectivity index (χ3v) is 4.94. The van der Waals surface area contributed by atoms with Gasteiger partial charge in [0.05, 0.1) is 10.6 Å². The summed E-state index contributed by atoms with van der Waals surface area (Å²) in [4.78, 5) is 0.305. The summed E-state index contributed by atoms with van der Waals surface area (Å²) in [5.41, 5.74) is 0. The molecule has 0 aromatic heterocycles. The summed E-state index contributed by atoms with van der Waals surface area (Å²) in [6.45, 7) is 4.98. The van der Waals surface area contributed by atoms with Gasteiger partial charge in [-0.2, -0.15) is 0 Å². The molecule has 0 radical (unpaired) electrons. The van der Waals surface area contributed by atoms with Crippen LogP contribution in [-0.2, 0) is 9.84 Å². The number of hydrogen-bond acceptors (Lipinski definition) is 3. The molecule has 1 unspecified atom stereocenters. The van der Waals surface area contributed by atoms with E-state index in [1.165, 1.54) is 6.07 Å². The molecule has 0 aliphatic rings. The predicted octanol–water partition coefficient (Wildman–Crippen LogP) is 3.28. The Bertz CT molecular complexity index is 488. The number of rotatable bonds is 8. The standard InChI is InChI=1S/C14H22ClNO2S/c1-3-6-13(16-9-4-2)11-19(17,18)14-8-5-7-12(15)10-14/h5,7-8,10,13,16H,3-4,6,9,11H2,1-2H3. The second-order valence-electron chi connectivity index (χ2n) is 4.68. The number of benzene rings is 1. The lowest BCUT2D eigenvalue weighted by Gasteiger charge is -2.18. The zero-order valence-electron chi connectivity index (χ0n) is 11.5. The van der Waals surface area contributed by atoms with Gasteiger partial charge in [0.15, 0.2) is 9.84 Å². The van der Waals surface area contributed by atoms with E-state index >= 15 is 0 Å². The fourth-order valence-electron chi connectivity index (χ4n) is 1.96. The van der Waals surface area contributed by atoms with Crippen molar-refractivity contribution >= 4 is 21.4 Å². The molecule has 0 saturated heterocycles. The third-order valence-electron chi connectivity index (χ3n) is 2.90. The molecule has 108 valence electrons. The Morgan fingerprint density at radius 2 is 2.00 bits per heavy atom. The highest BCUT2D eigenvalue weighted by atomic mass is 35.5. The molecule has 3 nitrogen and oxygen atoms in total. The van der Waals surface area contributed by atoms with Gasteiger partial charge in [-0.25, -0.2) is 8.42 Å². The molecule has 1 atom stereocenters. The highest BCUT2D eigenvalue weighted by Crippen LogP contribution is 2.18. The Morgan fingerprint density at radius 1 is 1.26 bits per heavy atom. The molecular formula is C14H22ClNO2S. The van der Waals surface area contributed by atoms with Gasteiger partial charge in [0.1, 0.15) is 0 Å². The Balaban J connectivity index is 2.81. The lowest BCUT2D eigenvalue weighted by Crippen LogP contribution is -2.36. The van der Waals surface area contributed by atoms with Crippen molar-refractivity contribution < 1.29 is 8.42 Å². The lowest BCUT2D eigenvalue weighted by molar-refractivity contribution is 0.500. The van der Waals surface area contributed by atoms with Gasteiger partial charge in [-0.1, -0.05) is 37.9 Å². The van der Waals surface area contributed by atoms with Gasteiger partial charge in [0, 0.05) is 11.1 Å². The summed E-state index contributed by atoms with van der Waals surface area (Å²) in [7, 11) is -3.28.